The third-order valence-corrected chi connectivity index (χ3v) is 6.39. The lowest BCUT2D eigenvalue weighted by Gasteiger charge is -2.36. The van der Waals surface area contributed by atoms with Gasteiger partial charge in [-0.05, 0) is 73.9 Å². The van der Waals surface area contributed by atoms with Crippen LogP contribution in [0.4, 0.5) is 0 Å². The molecule has 134 valence electrons. The van der Waals surface area contributed by atoms with Gasteiger partial charge in [0.25, 0.3) is 0 Å². The fourth-order valence-electron chi connectivity index (χ4n) is 4.95. The average molecular weight is 337 g/mol. The highest BCUT2D eigenvalue weighted by Gasteiger charge is 2.23. The van der Waals surface area contributed by atoms with Crippen molar-refractivity contribution in [1.29, 1.82) is 0 Å². The number of aromatic nitrogens is 1. The molecular weight excluding hydrogens is 304 g/mol. The molecule has 0 amide bonds. The SMILES string of the molecule is c1cc2cc(CC[C@@H]3CCCN(CC4CCCCC4)C3)ccc2cn1. The zero-order valence-corrected chi connectivity index (χ0v) is 15.5. The Hall–Kier alpha value is -1.41. The van der Waals surface area contributed by atoms with Gasteiger partial charge in [-0.1, -0.05) is 37.5 Å². The number of nitrogens with zero attached hydrogens (tertiary/aromatic N) is 2. The van der Waals surface area contributed by atoms with E-state index in [-0.39, 0.29) is 0 Å². The minimum atomic E-state index is 0.894. The first-order valence-corrected chi connectivity index (χ1v) is 10.4. The Morgan fingerprint density at radius 3 is 2.72 bits per heavy atom. The zero-order valence-electron chi connectivity index (χ0n) is 15.5. The molecule has 2 nitrogen and oxygen atoms in total. The molecule has 1 aromatic carbocycles. The van der Waals surface area contributed by atoms with E-state index in [4.69, 9.17) is 0 Å². The molecule has 2 heterocycles. The zero-order chi connectivity index (χ0) is 16.9. The minimum absolute atomic E-state index is 0.894. The molecule has 2 fully saturated rings. The number of fused-ring (bicyclic) bond motifs is 1. The van der Waals surface area contributed by atoms with Gasteiger partial charge in [-0.2, -0.15) is 0 Å². The molecule has 1 aliphatic heterocycles. The van der Waals surface area contributed by atoms with E-state index >= 15 is 0 Å². The van der Waals surface area contributed by atoms with Gasteiger partial charge in [0.05, 0.1) is 0 Å². The summed E-state index contributed by atoms with van der Waals surface area (Å²) < 4.78 is 0. The number of rotatable bonds is 5. The number of hydrogen-bond acceptors (Lipinski definition) is 2. The highest BCUT2D eigenvalue weighted by molar-refractivity contribution is 5.81. The molecule has 2 aromatic rings. The highest BCUT2D eigenvalue weighted by atomic mass is 15.1. The van der Waals surface area contributed by atoms with Gasteiger partial charge in [-0.25, -0.2) is 0 Å². The average Bonchev–Trinajstić information content (AvgIpc) is 2.67. The van der Waals surface area contributed by atoms with Crippen molar-refractivity contribution in [3.05, 3.63) is 42.2 Å². The lowest BCUT2D eigenvalue weighted by molar-refractivity contribution is 0.134. The van der Waals surface area contributed by atoms with E-state index in [1.807, 2.05) is 12.4 Å². The van der Waals surface area contributed by atoms with Gasteiger partial charge in [-0.15, -0.1) is 0 Å². The number of aryl methyl sites for hydroxylation is 1. The van der Waals surface area contributed by atoms with Crippen molar-refractivity contribution in [1.82, 2.24) is 9.88 Å². The second-order valence-electron chi connectivity index (χ2n) is 8.37. The molecule has 1 aromatic heterocycles. The Labute approximate surface area is 152 Å². The monoisotopic (exact) mass is 336 g/mol. The number of pyridine rings is 1. The predicted octanol–water partition coefficient (Wildman–Crippen LogP) is 5.46. The van der Waals surface area contributed by atoms with Crippen LogP contribution in [0.25, 0.3) is 10.8 Å². The normalized spacial score (nSPS) is 23.1. The molecule has 2 aliphatic rings. The van der Waals surface area contributed by atoms with Crippen molar-refractivity contribution in [2.75, 3.05) is 19.6 Å². The number of piperidine rings is 1. The summed E-state index contributed by atoms with van der Waals surface area (Å²) in [6.45, 7) is 4.06. The molecule has 25 heavy (non-hydrogen) atoms. The third-order valence-electron chi connectivity index (χ3n) is 6.39. The van der Waals surface area contributed by atoms with Crippen LogP contribution in [0.15, 0.2) is 36.7 Å². The Bertz CT molecular complexity index is 675. The van der Waals surface area contributed by atoms with Gasteiger partial charge in [0, 0.05) is 30.9 Å². The molecule has 0 spiro atoms. The van der Waals surface area contributed by atoms with Crippen molar-refractivity contribution in [2.45, 2.75) is 57.8 Å². The third kappa shape index (κ3) is 4.61. The van der Waals surface area contributed by atoms with E-state index in [0.29, 0.717) is 0 Å². The van der Waals surface area contributed by atoms with E-state index in [1.54, 1.807) is 0 Å². The van der Waals surface area contributed by atoms with Crippen LogP contribution in [0.2, 0.25) is 0 Å². The van der Waals surface area contributed by atoms with E-state index in [1.165, 1.54) is 93.8 Å². The molecule has 2 heteroatoms. The van der Waals surface area contributed by atoms with Crippen LogP contribution in [0.1, 0.15) is 56.9 Å². The maximum atomic E-state index is 4.21. The van der Waals surface area contributed by atoms with Gasteiger partial charge in [0.1, 0.15) is 0 Å². The second kappa shape index (κ2) is 8.31. The standard InChI is InChI=1S/C23H32N2/c1-2-5-20(6-3-1)17-25-14-4-7-21(18-25)9-8-19-10-11-23-16-24-13-12-22(23)15-19/h10-13,15-16,20-21H,1-9,14,17-18H2/t21-/m0/s1. The fraction of sp³-hybridized carbons (Fsp3) is 0.609. The summed E-state index contributed by atoms with van der Waals surface area (Å²) in [6.07, 6.45) is 16.6. The van der Waals surface area contributed by atoms with Crippen LogP contribution in [0.3, 0.4) is 0 Å². The molecule has 4 rings (SSSR count). The Morgan fingerprint density at radius 2 is 1.80 bits per heavy atom. The van der Waals surface area contributed by atoms with Gasteiger partial charge < -0.3 is 4.90 Å². The van der Waals surface area contributed by atoms with Gasteiger partial charge >= 0.3 is 0 Å². The molecule has 1 saturated heterocycles. The largest absolute Gasteiger partial charge is 0.303 e. The molecule has 1 aliphatic carbocycles. The van der Waals surface area contributed by atoms with Crippen LogP contribution in [0.5, 0.6) is 0 Å². The molecule has 1 saturated carbocycles. The van der Waals surface area contributed by atoms with Crippen LogP contribution in [-0.4, -0.2) is 29.5 Å². The summed E-state index contributed by atoms with van der Waals surface area (Å²) in [4.78, 5) is 7.00. The fourth-order valence-corrected chi connectivity index (χ4v) is 4.95. The Kier molecular flexibility index (Phi) is 5.66. The van der Waals surface area contributed by atoms with Crippen molar-refractivity contribution < 1.29 is 0 Å². The van der Waals surface area contributed by atoms with Crippen molar-refractivity contribution in [2.24, 2.45) is 11.8 Å². The van der Waals surface area contributed by atoms with E-state index in [9.17, 15) is 0 Å². The molecule has 0 radical (unpaired) electrons. The summed E-state index contributed by atoms with van der Waals surface area (Å²) in [5.41, 5.74) is 1.49. The maximum absolute atomic E-state index is 4.21. The van der Waals surface area contributed by atoms with E-state index in [2.05, 4.69) is 34.1 Å². The summed E-state index contributed by atoms with van der Waals surface area (Å²) in [6, 6.07) is 9.02. The summed E-state index contributed by atoms with van der Waals surface area (Å²) in [5, 5.41) is 2.58. The maximum Gasteiger partial charge on any atom is 0.0346 e. The molecule has 0 unspecified atom stereocenters. The van der Waals surface area contributed by atoms with E-state index < -0.39 is 0 Å². The van der Waals surface area contributed by atoms with Crippen LogP contribution in [0, 0.1) is 11.8 Å². The van der Waals surface area contributed by atoms with Crippen LogP contribution < -0.4 is 0 Å². The predicted molar refractivity (Wildman–Crippen MR) is 106 cm³/mol. The highest BCUT2D eigenvalue weighted by Crippen LogP contribution is 2.28. The first-order valence-electron chi connectivity index (χ1n) is 10.4. The molecule has 0 N–H and O–H groups in total. The second-order valence-corrected chi connectivity index (χ2v) is 8.37. The first-order chi connectivity index (χ1) is 12.4. The van der Waals surface area contributed by atoms with Crippen LogP contribution >= 0.6 is 0 Å². The number of likely N-dealkylation sites (tertiary alicyclic amines) is 1. The van der Waals surface area contributed by atoms with Crippen molar-refractivity contribution in [3.63, 3.8) is 0 Å². The van der Waals surface area contributed by atoms with Gasteiger partial charge in [0.15, 0.2) is 0 Å². The Balaban J connectivity index is 1.29. The van der Waals surface area contributed by atoms with E-state index in [0.717, 1.165) is 11.8 Å². The summed E-state index contributed by atoms with van der Waals surface area (Å²) >= 11 is 0. The van der Waals surface area contributed by atoms with Crippen LogP contribution in [-0.2, 0) is 6.42 Å². The smallest absolute Gasteiger partial charge is 0.0346 e. The van der Waals surface area contributed by atoms with Crippen molar-refractivity contribution >= 4 is 10.8 Å². The minimum Gasteiger partial charge on any atom is -0.303 e. The molecular formula is C23H32N2. The molecule has 1 atom stereocenters. The summed E-state index contributed by atoms with van der Waals surface area (Å²) in [5.74, 6) is 1.88. The van der Waals surface area contributed by atoms with Gasteiger partial charge in [0.2, 0.25) is 0 Å². The Morgan fingerprint density at radius 1 is 0.920 bits per heavy atom. The number of benzene rings is 1. The van der Waals surface area contributed by atoms with Gasteiger partial charge in [-0.3, -0.25) is 4.98 Å². The quantitative estimate of drug-likeness (QED) is 0.721. The topological polar surface area (TPSA) is 16.1 Å². The molecule has 0 bridgehead atoms. The lowest BCUT2D eigenvalue weighted by atomic mass is 9.87. The lowest BCUT2D eigenvalue weighted by Crippen LogP contribution is -2.39. The number of hydrogen-bond donors (Lipinski definition) is 0. The first kappa shape index (κ1) is 17.0. The van der Waals surface area contributed by atoms with Crippen molar-refractivity contribution in [3.8, 4) is 0 Å². The summed E-state index contributed by atoms with van der Waals surface area (Å²) in [7, 11) is 0.